The number of nitrogens with zero attached hydrogens (tertiary/aromatic N) is 1. The number of likely N-dealkylation sites (tertiary alicyclic amines) is 1. The fourth-order valence-electron chi connectivity index (χ4n) is 5.45. The number of rotatable bonds is 9. The van der Waals surface area contributed by atoms with Gasteiger partial charge in [-0.1, -0.05) is 39.3 Å². The molecule has 1 aliphatic carbocycles. The van der Waals surface area contributed by atoms with Gasteiger partial charge in [0.2, 0.25) is 17.7 Å². The lowest BCUT2D eigenvalue weighted by Crippen LogP contribution is -2.52. The highest BCUT2D eigenvalue weighted by molar-refractivity contribution is 6.02. The van der Waals surface area contributed by atoms with Gasteiger partial charge in [-0.05, 0) is 42.5 Å². The van der Waals surface area contributed by atoms with Crippen molar-refractivity contribution in [3.8, 4) is 5.75 Å². The van der Waals surface area contributed by atoms with Gasteiger partial charge in [-0.3, -0.25) is 14.4 Å². The highest BCUT2D eigenvalue weighted by atomic mass is 16.5. The summed E-state index contributed by atoms with van der Waals surface area (Å²) < 4.78 is 5.18. The smallest absolute Gasteiger partial charge is 0.247 e. The minimum absolute atomic E-state index is 0.0701. The van der Waals surface area contributed by atoms with Gasteiger partial charge in [-0.15, -0.1) is 0 Å². The van der Waals surface area contributed by atoms with Crippen LogP contribution in [0.2, 0.25) is 0 Å². The third kappa shape index (κ3) is 4.82. The van der Waals surface area contributed by atoms with E-state index < -0.39 is 29.8 Å². The zero-order valence-electron chi connectivity index (χ0n) is 20.7. The minimum Gasteiger partial charge on any atom is -0.497 e. The molecule has 34 heavy (non-hydrogen) atoms. The van der Waals surface area contributed by atoms with Crippen LogP contribution in [0.1, 0.15) is 33.6 Å². The number of anilines is 1. The molecule has 0 aromatic heterocycles. The number of benzene rings is 1. The molecule has 0 bridgehead atoms. The standard InChI is InChI=1S/C26H37N3O5/c1-6-7-16-8-13-19-22(21(16)24(31)27-4)26(33)29(20(14-30)15(2)3)23(19)25(32)28-17-9-11-18(34-5)12-10-17/h8-13,15-16,19-23,30H,6-7,14H2,1-5H3,(H,27,31)(H,28,32)/t16-,19+,20+,21-,22+,23+/m1/s1. The number of hydrogen-bond donors (Lipinski definition) is 3. The van der Waals surface area contributed by atoms with Gasteiger partial charge in [-0.2, -0.15) is 0 Å². The van der Waals surface area contributed by atoms with Crippen molar-refractivity contribution >= 4 is 23.4 Å². The monoisotopic (exact) mass is 471 g/mol. The van der Waals surface area contributed by atoms with E-state index in [1.165, 1.54) is 4.90 Å². The van der Waals surface area contributed by atoms with E-state index in [2.05, 4.69) is 17.6 Å². The van der Waals surface area contributed by atoms with Crippen molar-refractivity contribution in [1.29, 1.82) is 0 Å². The molecule has 1 fully saturated rings. The Bertz CT molecular complexity index is 914. The van der Waals surface area contributed by atoms with Gasteiger partial charge < -0.3 is 25.4 Å². The second-order valence-corrected chi connectivity index (χ2v) is 9.48. The summed E-state index contributed by atoms with van der Waals surface area (Å²) in [5, 5.41) is 15.8. The number of nitrogens with one attached hydrogen (secondary N) is 2. The van der Waals surface area contributed by atoms with Crippen molar-refractivity contribution in [2.24, 2.45) is 29.6 Å². The molecular formula is C26H37N3O5. The lowest BCUT2D eigenvalue weighted by Gasteiger charge is -2.35. The molecule has 2 aliphatic rings. The van der Waals surface area contributed by atoms with Gasteiger partial charge in [0.05, 0.1) is 31.6 Å². The molecular weight excluding hydrogens is 434 g/mol. The van der Waals surface area contributed by atoms with Crippen molar-refractivity contribution in [3.63, 3.8) is 0 Å². The molecule has 8 nitrogen and oxygen atoms in total. The lowest BCUT2D eigenvalue weighted by atomic mass is 9.68. The fraction of sp³-hybridized carbons (Fsp3) is 0.577. The number of aliphatic hydroxyl groups is 1. The van der Waals surface area contributed by atoms with E-state index in [1.807, 2.05) is 26.0 Å². The van der Waals surface area contributed by atoms with Crippen molar-refractivity contribution in [3.05, 3.63) is 36.4 Å². The molecule has 1 saturated heterocycles. The maximum Gasteiger partial charge on any atom is 0.247 e. The Morgan fingerprint density at radius 1 is 1.15 bits per heavy atom. The molecule has 3 N–H and O–H groups in total. The summed E-state index contributed by atoms with van der Waals surface area (Å²) in [5.74, 6) is -1.92. The number of amides is 3. The van der Waals surface area contributed by atoms with E-state index in [1.54, 1.807) is 38.4 Å². The zero-order chi connectivity index (χ0) is 25.0. The van der Waals surface area contributed by atoms with Gasteiger partial charge in [0, 0.05) is 18.7 Å². The van der Waals surface area contributed by atoms with Crippen molar-refractivity contribution in [2.75, 3.05) is 26.1 Å². The SMILES string of the molecule is CCC[C@@H]1C=C[C@H]2[C@H](C(=O)N([C@@H](CO)C(C)C)[C@@H]2C(=O)Nc2ccc(OC)cc2)[C@@H]1C(=O)NC. The minimum atomic E-state index is -0.829. The molecule has 0 saturated carbocycles. The molecule has 0 radical (unpaired) electrons. The lowest BCUT2D eigenvalue weighted by molar-refractivity contribution is -0.143. The molecule has 3 rings (SSSR count). The maximum atomic E-state index is 13.9. The number of methoxy groups -OCH3 is 1. The normalized spacial score (nSPS) is 26.9. The van der Waals surface area contributed by atoms with Crippen LogP contribution in [0.25, 0.3) is 0 Å². The highest BCUT2D eigenvalue weighted by Crippen LogP contribution is 2.46. The summed E-state index contributed by atoms with van der Waals surface area (Å²) in [6.07, 6.45) is 5.60. The molecule has 6 atom stereocenters. The van der Waals surface area contributed by atoms with Crippen LogP contribution in [-0.4, -0.2) is 60.6 Å². The molecule has 1 heterocycles. The molecule has 0 unspecified atom stereocenters. The number of fused-ring (bicyclic) bond motifs is 1. The second kappa shape index (κ2) is 11.0. The van der Waals surface area contributed by atoms with Crippen LogP contribution in [-0.2, 0) is 14.4 Å². The highest BCUT2D eigenvalue weighted by Gasteiger charge is 2.58. The first-order valence-corrected chi connectivity index (χ1v) is 12.1. The van der Waals surface area contributed by atoms with Gasteiger partial charge in [0.1, 0.15) is 11.8 Å². The van der Waals surface area contributed by atoms with E-state index in [9.17, 15) is 19.5 Å². The Morgan fingerprint density at radius 3 is 2.35 bits per heavy atom. The van der Waals surface area contributed by atoms with Gasteiger partial charge in [0.25, 0.3) is 0 Å². The van der Waals surface area contributed by atoms with Crippen LogP contribution >= 0.6 is 0 Å². The van der Waals surface area contributed by atoms with Crippen LogP contribution in [0.5, 0.6) is 5.75 Å². The first-order chi connectivity index (χ1) is 16.3. The van der Waals surface area contributed by atoms with Crippen LogP contribution in [0.4, 0.5) is 5.69 Å². The predicted octanol–water partition coefficient (Wildman–Crippen LogP) is 2.44. The maximum absolute atomic E-state index is 13.9. The Kier molecular flexibility index (Phi) is 8.36. The predicted molar refractivity (Wildman–Crippen MR) is 130 cm³/mol. The molecule has 0 spiro atoms. The number of carbonyl (C=O) groups is 3. The fourth-order valence-corrected chi connectivity index (χ4v) is 5.45. The molecule has 3 amide bonds. The van der Waals surface area contributed by atoms with Gasteiger partial charge in [0.15, 0.2) is 0 Å². The Labute approximate surface area is 201 Å². The Morgan fingerprint density at radius 2 is 1.82 bits per heavy atom. The van der Waals surface area contributed by atoms with E-state index in [0.717, 1.165) is 12.8 Å². The van der Waals surface area contributed by atoms with Gasteiger partial charge >= 0.3 is 0 Å². The summed E-state index contributed by atoms with van der Waals surface area (Å²) in [6.45, 7) is 5.62. The van der Waals surface area contributed by atoms with Gasteiger partial charge in [-0.25, -0.2) is 0 Å². The number of hydrogen-bond acceptors (Lipinski definition) is 5. The Hall–Kier alpha value is -2.87. The molecule has 186 valence electrons. The summed E-state index contributed by atoms with van der Waals surface area (Å²) in [4.78, 5) is 42.0. The second-order valence-electron chi connectivity index (χ2n) is 9.48. The van der Waals surface area contributed by atoms with Crippen LogP contribution in [0, 0.1) is 29.6 Å². The van der Waals surface area contributed by atoms with E-state index in [-0.39, 0.29) is 36.2 Å². The van der Waals surface area contributed by atoms with Crippen LogP contribution in [0.15, 0.2) is 36.4 Å². The summed E-state index contributed by atoms with van der Waals surface area (Å²) in [5.41, 5.74) is 0.582. The summed E-state index contributed by atoms with van der Waals surface area (Å²) in [6, 6.07) is 5.61. The number of aliphatic hydroxyl groups excluding tert-OH is 1. The molecule has 8 heteroatoms. The molecule has 1 aliphatic heterocycles. The average Bonchev–Trinajstić information content (AvgIpc) is 3.11. The largest absolute Gasteiger partial charge is 0.497 e. The summed E-state index contributed by atoms with van der Waals surface area (Å²) >= 11 is 0. The van der Waals surface area contributed by atoms with Crippen LogP contribution < -0.4 is 15.4 Å². The number of allylic oxidation sites excluding steroid dienone is 1. The van der Waals surface area contributed by atoms with E-state index in [4.69, 9.17) is 4.74 Å². The molecule has 1 aromatic carbocycles. The van der Waals surface area contributed by atoms with Crippen molar-refractivity contribution < 1.29 is 24.2 Å². The Balaban J connectivity index is 2.03. The average molecular weight is 472 g/mol. The number of carbonyl (C=O) groups excluding carboxylic acids is 3. The van der Waals surface area contributed by atoms with E-state index in [0.29, 0.717) is 11.4 Å². The number of ether oxygens (including phenoxy) is 1. The third-order valence-corrected chi connectivity index (χ3v) is 7.16. The van der Waals surface area contributed by atoms with Crippen molar-refractivity contribution in [1.82, 2.24) is 10.2 Å². The van der Waals surface area contributed by atoms with Crippen LogP contribution in [0.3, 0.4) is 0 Å². The quantitative estimate of drug-likeness (QED) is 0.480. The topological polar surface area (TPSA) is 108 Å². The first kappa shape index (κ1) is 25.7. The summed E-state index contributed by atoms with van der Waals surface area (Å²) in [7, 11) is 3.15. The molecule has 1 aromatic rings. The van der Waals surface area contributed by atoms with E-state index >= 15 is 0 Å². The van der Waals surface area contributed by atoms with Crippen molar-refractivity contribution in [2.45, 2.75) is 45.7 Å². The third-order valence-electron chi connectivity index (χ3n) is 7.16. The zero-order valence-corrected chi connectivity index (χ0v) is 20.7. The first-order valence-electron chi connectivity index (χ1n) is 12.1.